The molecule has 1 aromatic heterocycles. The predicted molar refractivity (Wildman–Crippen MR) is 62.9 cm³/mol. The number of hydrogen-bond acceptors (Lipinski definition) is 4. The number of rotatable bonds is 2. The van der Waals surface area contributed by atoms with Gasteiger partial charge in [-0.3, -0.25) is 0 Å². The van der Waals surface area contributed by atoms with Crippen molar-refractivity contribution in [3.63, 3.8) is 0 Å². The Bertz CT molecular complexity index is 610. The molecule has 4 nitrogen and oxygen atoms in total. The third-order valence-corrected chi connectivity index (χ3v) is 2.59. The van der Waals surface area contributed by atoms with Gasteiger partial charge >= 0.3 is 6.18 Å². The molecule has 0 saturated carbocycles. The number of halogens is 4. The number of ether oxygens (including phenoxy) is 1. The predicted octanol–water partition coefficient (Wildman–Crippen LogP) is 3.60. The van der Waals surface area contributed by atoms with Crippen molar-refractivity contribution < 1.29 is 22.4 Å². The third-order valence-electron chi connectivity index (χ3n) is 2.37. The summed E-state index contributed by atoms with van der Waals surface area (Å²) in [5.41, 5.74) is 4.53. The lowest BCUT2D eigenvalue weighted by Crippen LogP contribution is -2.08. The first-order valence-corrected chi connectivity index (χ1v) is 5.38. The van der Waals surface area contributed by atoms with E-state index >= 15 is 0 Å². The fraction of sp³-hybridized carbons (Fsp3) is 0.182. The molecular formula is C11H8ClF3N2O2. The van der Waals surface area contributed by atoms with Gasteiger partial charge in [-0.05, 0) is 12.1 Å². The minimum absolute atomic E-state index is 0.0226. The normalized spacial score (nSPS) is 11.6. The van der Waals surface area contributed by atoms with Crippen molar-refractivity contribution in [1.82, 2.24) is 5.16 Å². The second-order valence-electron chi connectivity index (χ2n) is 3.65. The molecule has 19 heavy (non-hydrogen) atoms. The van der Waals surface area contributed by atoms with Crippen LogP contribution >= 0.6 is 11.6 Å². The summed E-state index contributed by atoms with van der Waals surface area (Å²) in [5.74, 6) is -0.407. The maximum absolute atomic E-state index is 12.9. The van der Waals surface area contributed by atoms with E-state index in [-0.39, 0.29) is 27.9 Å². The van der Waals surface area contributed by atoms with Crippen LogP contribution in [0.4, 0.5) is 19.1 Å². The molecule has 0 saturated heterocycles. The van der Waals surface area contributed by atoms with E-state index in [0.29, 0.717) is 0 Å². The molecule has 1 aromatic carbocycles. The van der Waals surface area contributed by atoms with E-state index in [4.69, 9.17) is 22.1 Å². The molecule has 0 aliphatic heterocycles. The summed E-state index contributed by atoms with van der Waals surface area (Å²) in [5, 5.41) is 3.46. The first kappa shape index (κ1) is 13.5. The zero-order valence-electron chi connectivity index (χ0n) is 9.58. The Kier molecular flexibility index (Phi) is 3.32. The number of alkyl halides is 3. The standard InChI is InChI=1S/C11H8ClF3N2O2/c1-18-10-6(8-4-9(16)19-17-8)2-5(12)3-7(10)11(13,14)15/h2-4H,16H2,1H3. The summed E-state index contributed by atoms with van der Waals surface area (Å²) in [4.78, 5) is 0. The van der Waals surface area contributed by atoms with E-state index in [1.807, 2.05) is 0 Å². The monoisotopic (exact) mass is 292 g/mol. The van der Waals surface area contributed by atoms with Crippen LogP contribution in [0.2, 0.25) is 5.02 Å². The van der Waals surface area contributed by atoms with Crippen LogP contribution in [0.5, 0.6) is 5.75 Å². The van der Waals surface area contributed by atoms with Gasteiger partial charge in [-0.25, -0.2) is 0 Å². The molecule has 0 fully saturated rings. The smallest absolute Gasteiger partial charge is 0.420 e. The van der Waals surface area contributed by atoms with Gasteiger partial charge in [0.2, 0.25) is 5.88 Å². The number of nitrogen functional groups attached to an aromatic ring is 1. The highest BCUT2D eigenvalue weighted by molar-refractivity contribution is 6.31. The van der Waals surface area contributed by atoms with Crippen LogP contribution in [0.3, 0.4) is 0 Å². The quantitative estimate of drug-likeness (QED) is 0.918. The summed E-state index contributed by atoms with van der Waals surface area (Å²) in [6.07, 6.45) is -4.60. The molecule has 0 atom stereocenters. The van der Waals surface area contributed by atoms with Crippen molar-refractivity contribution in [3.05, 3.63) is 28.8 Å². The topological polar surface area (TPSA) is 61.3 Å². The largest absolute Gasteiger partial charge is 0.495 e. The molecule has 0 amide bonds. The van der Waals surface area contributed by atoms with Crippen LogP contribution in [0.1, 0.15) is 5.56 Å². The Morgan fingerprint density at radius 1 is 1.32 bits per heavy atom. The van der Waals surface area contributed by atoms with Gasteiger partial charge in [-0.1, -0.05) is 16.8 Å². The van der Waals surface area contributed by atoms with E-state index < -0.39 is 11.7 Å². The molecule has 0 aliphatic carbocycles. The summed E-state index contributed by atoms with van der Waals surface area (Å²) >= 11 is 5.70. The fourth-order valence-electron chi connectivity index (χ4n) is 1.63. The van der Waals surface area contributed by atoms with Gasteiger partial charge in [0.15, 0.2) is 0 Å². The number of anilines is 1. The summed E-state index contributed by atoms with van der Waals surface area (Å²) in [6, 6.07) is 3.37. The Balaban J connectivity index is 2.70. The van der Waals surface area contributed by atoms with E-state index in [2.05, 4.69) is 9.68 Å². The second-order valence-corrected chi connectivity index (χ2v) is 4.08. The zero-order chi connectivity index (χ0) is 14.2. The lowest BCUT2D eigenvalue weighted by Gasteiger charge is -2.15. The van der Waals surface area contributed by atoms with Crippen molar-refractivity contribution in [2.24, 2.45) is 0 Å². The van der Waals surface area contributed by atoms with Crippen LogP contribution in [-0.4, -0.2) is 12.3 Å². The number of benzene rings is 1. The highest BCUT2D eigenvalue weighted by Gasteiger charge is 2.36. The number of nitrogens with zero attached hydrogens (tertiary/aromatic N) is 1. The third kappa shape index (κ3) is 2.60. The molecule has 0 bridgehead atoms. The van der Waals surface area contributed by atoms with Crippen LogP contribution in [0.15, 0.2) is 22.7 Å². The van der Waals surface area contributed by atoms with Gasteiger partial charge in [-0.15, -0.1) is 0 Å². The van der Waals surface area contributed by atoms with Crippen LogP contribution in [0.25, 0.3) is 11.3 Å². The van der Waals surface area contributed by atoms with Gasteiger partial charge in [-0.2, -0.15) is 13.2 Å². The zero-order valence-corrected chi connectivity index (χ0v) is 10.3. The van der Waals surface area contributed by atoms with E-state index in [1.165, 1.54) is 12.1 Å². The molecule has 2 aromatic rings. The molecule has 0 radical (unpaired) electrons. The van der Waals surface area contributed by atoms with Crippen molar-refractivity contribution in [2.75, 3.05) is 12.8 Å². The fourth-order valence-corrected chi connectivity index (χ4v) is 1.85. The Morgan fingerprint density at radius 3 is 2.47 bits per heavy atom. The Labute approximate surface area is 110 Å². The van der Waals surface area contributed by atoms with Crippen molar-refractivity contribution in [3.8, 4) is 17.0 Å². The highest BCUT2D eigenvalue weighted by Crippen LogP contribution is 2.43. The maximum atomic E-state index is 12.9. The molecule has 0 aliphatic rings. The summed E-state index contributed by atoms with van der Waals surface area (Å²) in [7, 11) is 1.13. The van der Waals surface area contributed by atoms with Gasteiger partial charge in [0.1, 0.15) is 11.4 Å². The lowest BCUT2D eigenvalue weighted by molar-refractivity contribution is -0.138. The minimum Gasteiger partial charge on any atom is -0.495 e. The Morgan fingerprint density at radius 2 is 2.00 bits per heavy atom. The molecule has 0 unspecified atom stereocenters. The summed E-state index contributed by atoms with van der Waals surface area (Å²) < 4.78 is 48.2. The first-order chi connectivity index (χ1) is 8.82. The maximum Gasteiger partial charge on any atom is 0.420 e. The molecule has 8 heteroatoms. The number of hydrogen-bond donors (Lipinski definition) is 1. The van der Waals surface area contributed by atoms with Crippen LogP contribution < -0.4 is 10.5 Å². The average Bonchev–Trinajstić information content (AvgIpc) is 2.73. The van der Waals surface area contributed by atoms with Crippen LogP contribution in [0, 0.1) is 0 Å². The first-order valence-electron chi connectivity index (χ1n) is 5.00. The lowest BCUT2D eigenvalue weighted by atomic mass is 10.1. The van der Waals surface area contributed by atoms with Crippen molar-refractivity contribution in [2.45, 2.75) is 6.18 Å². The van der Waals surface area contributed by atoms with E-state index in [1.54, 1.807) is 0 Å². The molecule has 2 N–H and O–H groups in total. The van der Waals surface area contributed by atoms with Gasteiger partial charge in [0.05, 0.1) is 12.7 Å². The van der Waals surface area contributed by atoms with Gasteiger partial charge < -0.3 is 15.0 Å². The van der Waals surface area contributed by atoms with E-state index in [9.17, 15) is 13.2 Å². The number of nitrogens with two attached hydrogens (primary N) is 1. The molecule has 0 spiro atoms. The van der Waals surface area contributed by atoms with Gasteiger partial charge in [0.25, 0.3) is 0 Å². The van der Waals surface area contributed by atoms with Crippen molar-refractivity contribution in [1.29, 1.82) is 0 Å². The molecule has 1 heterocycles. The molecule has 2 rings (SSSR count). The van der Waals surface area contributed by atoms with Crippen molar-refractivity contribution >= 4 is 17.5 Å². The molecular weight excluding hydrogens is 285 g/mol. The van der Waals surface area contributed by atoms with Gasteiger partial charge in [0, 0.05) is 16.7 Å². The minimum atomic E-state index is -4.60. The number of aromatic nitrogens is 1. The average molecular weight is 293 g/mol. The summed E-state index contributed by atoms with van der Waals surface area (Å²) in [6.45, 7) is 0. The highest BCUT2D eigenvalue weighted by atomic mass is 35.5. The molecule has 102 valence electrons. The number of methoxy groups -OCH3 is 1. The second kappa shape index (κ2) is 4.65. The van der Waals surface area contributed by atoms with E-state index in [0.717, 1.165) is 13.2 Å². The Hall–Kier alpha value is -1.89. The van der Waals surface area contributed by atoms with Crippen LogP contribution in [-0.2, 0) is 6.18 Å². The SMILES string of the molecule is COc1c(-c2cc(N)on2)cc(Cl)cc1C(F)(F)F.